The summed E-state index contributed by atoms with van der Waals surface area (Å²) < 4.78 is 15.1. The van der Waals surface area contributed by atoms with Crippen molar-refractivity contribution in [3.63, 3.8) is 0 Å². The zero-order chi connectivity index (χ0) is 13.1. The van der Waals surface area contributed by atoms with Gasteiger partial charge in [0, 0.05) is 34.9 Å². The lowest BCUT2D eigenvalue weighted by atomic mass is 10.3. The van der Waals surface area contributed by atoms with Crippen molar-refractivity contribution in [2.75, 3.05) is 11.5 Å². The summed E-state index contributed by atoms with van der Waals surface area (Å²) in [5.74, 6) is 1.45. The number of anilines is 1. The monoisotopic (exact) mass is 327 g/mol. The number of nitrogen functional groups attached to an aromatic ring is 1. The molecule has 1 atom stereocenters. The summed E-state index contributed by atoms with van der Waals surface area (Å²) in [6, 6.07) is 5.42. The molecule has 0 saturated heterocycles. The number of imidazole rings is 1. The van der Waals surface area contributed by atoms with Gasteiger partial charge in [-0.25, -0.2) is 4.98 Å². The molecule has 1 unspecified atom stereocenters. The zero-order valence-corrected chi connectivity index (χ0v) is 12.4. The fourth-order valence-corrected chi connectivity index (χ4v) is 3.32. The third kappa shape index (κ3) is 3.00. The Morgan fingerprint density at radius 1 is 1.50 bits per heavy atom. The molecular weight excluding hydrogens is 314 g/mol. The van der Waals surface area contributed by atoms with Crippen LogP contribution in [0.2, 0.25) is 0 Å². The molecule has 1 aromatic carbocycles. The van der Waals surface area contributed by atoms with Gasteiger partial charge in [-0.1, -0.05) is 15.9 Å². The average molecular weight is 328 g/mol. The number of benzene rings is 1. The summed E-state index contributed by atoms with van der Waals surface area (Å²) in [5, 5.41) is 0. The Hall–Kier alpha value is -1.14. The summed E-state index contributed by atoms with van der Waals surface area (Å²) in [6.07, 6.45) is 3.63. The molecule has 0 aliphatic heterocycles. The van der Waals surface area contributed by atoms with Gasteiger partial charge in [0.2, 0.25) is 0 Å². The standard InChI is InChI=1S/C12H14BrN3OS/c1-9-15-4-5-16(9)6-7-18(17)12-8-10(13)2-3-11(12)14/h2-5,8H,6-7,14H2,1H3. The van der Waals surface area contributed by atoms with Crippen LogP contribution in [0.3, 0.4) is 0 Å². The first-order chi connectivity index (χ1) is 8.58. The lowest BCUT2D eigenvalue weighted by Gasteiger charge is -2.08. The van der Waals surface area contributed by atoms with E-state index in [0.29, 0.717) is 22.9 Å². The van der Waals surface area contributed by atoms with Gasteiger partial charge in [0.15, 0.2) is 0 Å². The third-order valence-corrected chi connectivity index (χ3v) is 4.55. The number of halogens is 1. The Morgan fingerprint density at radius 3 is 2.94 bits per heavy atom. The number of nitrogens with zero attached hydrogens (tertiary/aromatic N) is 2. The van der Waals surface area contributed by atoms with E-state index in [0.717, 1.165) is 10.3 Å². The molecule has 0 aliphatic rings. The Morgan fingerprint density at radius 2 is 2.28 bits per heavy atom. The van der Waals surface area contributed by atoms with Crippen LogP contribution in [0.25, 0.3) is 0 Å². The fraction of sp³-hybridized carbons (Fsp3) is 0.250. The molecule has 0 saturated carbocycles. The van der Waals surface area contributed by atoms with Crippen molar-refractivity contribution in [1.82, 2.24) is 9.55 Å². The van der Waals surface area contributed by atoms with Crippen molar-refractivity contribution in [3.05, 3.63) is 40.9 Å². The van der Waals surface area contributed by atoms with Crippen molar-refractivity contribution < 1.29 is 4.21 Å². The highest BCUT2D eigenvalue weighted by Gasteiger charge is 2.09. The maximum atomic E-state index is 12.2. The molecule has 0 spiro atoms. The lowest BCUT2D eigenvalue weighted by molar-refractivity contribution is 0.670. The summed E-state index contributed by atoms with van der Waals surface area (Å²) in [4.78, 5) is 4.81. The van der Waals surface area contributed by atoms with Crippen molar-refractivity contribution in [2.24, 2.45) is 0 Å². The third-order valence-electron chi connectivity index (χ3n) is 2.66. The van der Waals surface area contributed by atoms with E-state index in [9.17, 15) is 4.21 Å². The van der Waals surface area contributed by atoms with E-state index in [1.165, 1.54) is 0 Å². The topological polar surface area (TPSA) is 60.9 Å². The molecule has 0 fully saturated rings. The van der Waals surface area contributed by atoms with E-state index in [1.54, 1.807) is 12.3 Å². The van der Waals surface area contributed by atoms with E-state index < -0.39 is 10.8 Å². The van der Waals surface area contributed by atoms with Gasteiger partial charge in [-0.3, -0.25) is 4.21 Å². The van der Waals surface area contributed by atoms with Gasteiger partial charge in [-0.15, -0.1) is 0 Å². The predicted octanol–water partition coefficient (Wildman–Crippen LogP) is 2.34. The smallest absolute Gasteiger partial charge is 0.105 e. The van der Waals surface area contributed by atoms with E-state index in [2.05, 4.69) is 20.9 Å². The first-order valence-corrected chi connectivity index (χ1v) is 7.60. The zero-order valence-electron chi connectivity index (χ0n) is 9.97. The van der Waals surface area contributed by atoms with E-state index >= 15 is 0 Å². The minimum Gasteiger partial charge on any atom is -0.398 e. The maximum absolute atomic E-state index is 12.2. The normalized spacial score (nSPS) is 12.6. The molecule has 18 heavy (non-hydrogen) atoms. The molecular formula is C12H14BrN3OS. The molecule has 0 aliphatic carbocycles. The number of aryl methyl sites for hydroxylation is 2. The predicted molar refractivity (Wildman–Crippen MR) is 76.8 cm³/mol. The Kier molecular flexibility index (Phi) is 4.19. The fourth-order valence-electron chi connectivity index (χ4n) is 1.64. The quantitative estimate of drug-likeness (QED) is 0.877. The van der Waals surface area contributed by atoms with Gasteiger partial charge in [0.25, 0.3) is 0 Å². The summed E-state index contributed by atoms with van der Waals surface area (Å²) in [5.41, 5.74) is 6.40. The largest absolute Gasteiger partial charge is 0.398 e. The number of nitrogens with two attached hydrogens (primary N) is 1. The molecule has 2 aromatic rings. The van der Waals surface area contributed by atoms with Gasteiger partial charge >= 0.3 is 0 Å². The summed E-state index contributed by atoms with van der Waals surface area (Å²) >= 11 is 3.36. The molecule has 96 valence electrons. The van der Waals surface area contributed by atoms with Gasteiger partial charge in [-0.05, 0) is 25.1 Å². The van der Waals surface area contributed by atoms with Gasteiger partial charge in [0.05, 0.1) is 15.7 Å². The van der Waals surface area contributed by atoms with E-state index in [1.807, 2.05) is 29.8 Å². The van der Waals surface area contributed by atoms with Gasteiger partial charge in [0.1, 0.15) is 5.82 Å². The number of rotatable bonds is 4. The molecule has 6 heteroatoms. The van der Waals surface area contributed by atoms with Crippen LogP contribution < -0.4 is 5.73 Å². The molecule has 0 bridgehead atoms. The number of hydrogen-bond donors (Lipinski definition) is 1. The number of hydrogen-bond acceptors (Lipinski definition) is 3. The highest BCUT2D eigenvalue weighted by Crippen LogP contribution is 2.22. The molecule has 4 nitrogen and oxygen atoms in total. The first kappa shape index (κ1) is 13.3. The molecule has 1 heterocycles. The van der Waals surface area contributed by atoms with Crippen LogP contribution in [-0.4, -0.2) is 19.5 Å². The van der Waals surface area contributed by atoms with Crippen molar-refractivity contribution in [2.45, 2.75) is 18.4 Å². The van der Waals surface area contributed by atoms with Gasteiger partial charge in [-0.2, -0.15) is 0 Å². The summed E-state index contributed by atoms with van der Waals surface area (Å²) in [7, 11) is -1.10. The molecule has 2 N–H and O–H groups in total. The van der Waals surface area contributed by atoms with Crippen LogP contribution in [0.15, 0.2) is 40.0 Å². The Balaban J connectivity index is 2.08. The summed E-state index contributed by atoms with van der Waals surface area (Å²) in [6.45, 7) is 2.60. The number of aromatic nitrogens is 2. The van der Waals surface area contributed by atoms with Crippen LogP contribution in [0.1, 0.15) is 5.82 Å². The van der Waals surface area contributed by atoms with Crippen molar-refractivity contribution in [3.8, 4) is 0 Å². The second kappa shape index (κ2) is 5.67. The van der Waals surface area contributed by atoms with Crippen LogP contribution in [0, 0.1) is 6.92 Å². The minimum absolute atomic E-state index is 0.526. The molecule has 0 radical (unpaired) electrons. The SMILES string of the molecule is Cc1nccn1CCS(=O)c1cc(Br)ccc1N. The van der Waals surface area contributed by atoms with Crippen LogP contribution >= 0.6 is 15.9 Å². The second-order valence-corrected chi connectivity index (χ2v) is 6.35. The average Bonchev–Trinajstić information content (AvgIpc) is 2.75. The van der Waals surface area contributed by atoms with Crippen LogP contribution in [-0.2, 0) is 17.3 Å². The highest BCUT2D eigenvalue weighted by molar-refractivity contribution is 9.10. The second-order valence-electron chi connectivity index (χ2n) is 3.90. The van der Waals surface area contributed by atoms with E-state index in [4.69, 9.17) is 5.73 Å². The Labute approximate surface area is 117 Å². The minimum atomic E-state index is -1.10. The molecule has 1 aromatic heterocycles. The molecule has 0 amide bonds. The Bertz CT molecular complexity index is 582. The van der Waals surface area contributed by atoms with Crippen LogP contribution in [0.4, 0.5) is 5.69 Å². The van der Waals surface area contributed by atoms with Crippen molar-refractivity contribution >= 4 is 32.4 Å². The first-order valence-electron chi connectivity index (χ1n) is 5.49. The maximum Gasteiger partial charge on any atom is 0.105 e. The highest BCUT2D eigenvalue weighted by atomic mass is 79.9. The van der Waals surface area contributed by atoms with E-state index in [-0.39, 0.29) is 0 Å². The van der Waals surface area contributed by atoms with Crippen LogP contribution in [0.5, 0.6) is 0 Å². The van der Waals surface area contributed by atoms with Gasteiger partial charge < -0.3 is 10.3 Å². The molecule has 2 rings (SSSR count). The van der Waals surface area contributed by atoms with Crippen molar-refractivity contribution in [1.29, 1.82) is 0 Å². The lowest BCUT2D eigenvalue weighted by Crippen LogP contribution is -2.09.